The summed E-state index contributed by atoms with van der Waals surface area (Å²) in [5.41, 5.74) is 0.133. The van der Waals surface area contributed by atoms with Crippen LogP contribution in [-0.4, -0.2) is 19.1 Å². The summed E-state index contributed by atoms with van der Waals surface area (Å²) < 4.78 is 10.7. The van der Waals surface area contributed by atoms with Crippen LogP contribution in [0.1, 0.15) is 36.2 Å². The molecule has 0 unspecified atom stereocenters. The van der Waals surface area contributed by atoms with Gasteiger partial charge in [-0.3, -0.25) is 9.59 Å². The standard InChI is InChI=1S/C16H17NO4/c1-20-11-6-7-12-13(18)9-15(21-14(12)8-11)16(19)17-10-4-2-3-5-10/h6-10H,2-5H2,1H3,(H,17,19). The van der Waals surface area contributed by atoms with E-state index in [0.717, 1.165) is 25.7 Å². The van der Waals surface area contributed by atoms with Gasteiger partial charge in [-0.1, -0.05) is 12.8 Å². The minimum atomic E-state index is -0.330. The first kappa shape index (κ1) is 13.7. The van der Waals surface area contributed by atoms with Crippen LogP contribution in [0.3, 0.4) is 0 Å². The molecule has 1 fully saturated rings. The van der Waals surface area contributed by atoms with Crippen molar-refractivity contribution in [2.24, 2.45) is 0 Å². The lowest BCUT2D eigenvalue weighted by Gasteiger charge is -2.11. The van der Waals surface area contributed by atoms with Gasteiger partial charge >= 0.3 is 0 Å². The van der Waals surface area contributed by atoms with E-state index < -0.39 is 0 Å². The molecule has 110 valence electrons. The van der Waals surface area contributed by atoms with Gasteiger partial charge in [0.25, 0.3) is 5.91 Å². The molecular formula is C16H17NO4. The molecule has 5 nitrogen and oxygen atoms in total. The van der Waals surface area contributed by atoms with Crippen molar-refractivity contribution >= 4 is 16.9 Å². The van der Waals surface area contributed by atoms with Crippen LogP contribution >= 0.6 is 0 Å². The Morgan fingerprint density at radius 3 is 2.76 bits per heavy atom. The first-order chi connectivity index (χ1) is 10.2. The molecule has 1 heterocycles. The first-order valence-corrected chi connectivity index (χ1v) is 7.10. The van der Waals surface area contributed by atoms with Crippen LogP contribution in [0.2, 0.25) is 0 Å². The summed E-state index contributed by atoms with van der Waals surface area (Å²) in [6.45, 7) is 0. The van der Waals surface area contributed by atoms with Gasteiger partial charge in [-0.15, -0.1) is 0 Å². The van der Waals surface area contributed by atoms with Crippen LogP contribution in [0, 0.1) is 0 Å². The Hall–Kier alpha value is -2.30. The second-order valence-electron chi connectivity index (χ2n) is 5.29. The molecule has 1 amide bonds. The maximum atomic E-state index is 12.2. The number of benzene rings is 1. The normalized spacial score (nSPS) is 15.3. The molecule has 0 bridgehead atoms. The average Bonchev–Trinajstić information content (AvgIpc) is 2.99. The number of ether oxygens (including phenoxy) is 1. The second kappa shape index (κ2) is 5.60. The van der Waals surface area contributed by atoms with Crippen molar-refractivity contribution in [2.45, 2.75) is 31.7 Å². The van der Waals surface area contributed by atoms with Gasteiger partial charge < -0.3 is 14.5 Å². The van der Waals surface area contributed by atoms with Crippen LogP contribution in [0.5, 0.6) is 5.75 Å². The molecule has 1 saturated carbocycles. The Morgan fingerprint density at radius 1 is 1.29 bits per heavy atom. The molecular weight excluding hydrogens is 270 g/mol. The number of methoxy groups -OCH3 is 1. The van der Waals surface area contributed by atoms with E-state index in [4.69, 9.17) is 9.15 Å². The van der Waals surface area contributed by atoms with E-state index in [-0.39, 0.29) is 23.1 Å². The van der Waals surface area contributed by atoms with Gasteiger partial charge in [0.05, 0.1) is 12.5 Å². The molecule has 0 spiro atoms. The summed E-state index contributed by atoms with van der Waals surface area (Å²) in [6, 6.07) is 6.38. The summed E-state index contributed by atoms with van der Waals surface area (Å²) in [5, 5.41) is 3.35. The molecule has 1 aliphatic rings. The van der Waals surface area contributed by atoms with E-state index in [1.807, 2.05) is 0 Å². The van der Waals surface area contributed by atoms with Crippen molar-refractivity contribution in [1.82, 2.24) is 5.32 Å². The SMILES string of the molecule is COc1ccc2c(=O)cc(C(=O)NC3CCCC3)oc2c1. The fourth-order valence-corrected chi connectivity index (χ4v) is 2.70. The summed E-state index contributed by atoms with van der Waals surface area (Å²) in [7, 11) is 1.54. The van der Waals surface area contributed by atoms with E-state index >= 15 is 0 Å². The third-order valence-corrected chi connectivity index (χ3v) is 3.85. The van der Waals surface area contributed by atoms with Gasteiger partial charge in [0.2, 0.25) is 0 Å². The van der Waals surface area contributed by atoms with Gasteiger partial charge in [-0.25, -0.2) is 0 Å². The zero-order chi connectivity index (χ0) is 14.8. The van der Waals surface area contributed by atoms with Crippen LogP contribution in [0.4, 0.5) is 0 Å². The van der Waals surface area contributed by atoms with E-state index in [0.29, 0.717) is 16.7 Å². The molecule has 0 aliphatic heterocycles. The highest BCUT2D eigenvalue weighted by atomic mass is 16.5. The van der Waals surface area contributed by atoms with Crippen molar-refractivity contribution in [1.29, 1.82) is 0 Å². The first-order valence-electron chi connectivity index (χ1n) is 7.10. The molecule has 2 aromatic rings. The molecule has 0 atom stereocenters. The smallest absolute Gasteiger partial charge is 0.287 e. The van der Waals surface area contributed by atoms with Crippen molar-refractivity contribution in [2.75, 3.05) is 7.11 Å². The Balaban J connectivity index is 1.94. The molecule has 0 saturated heterocycles. The zero-order valence-electron chi connectivity index (χ0n) is 11.8. The Morgan fingerprint density at radius 2 is 2.05 bits per heavy atom. The number of hydrogen-bond donors (Lipinski definition) is 1. The molecule has 1 aromatic carbocycles. The van der Waals surface area contributed by atoms with Crippen LogP contribution in [0.15, 0.2) is 33.5 Å². The maximum Gasteiger partial charge on any atom is 0.287 e. The van der Waals surface area contributed by atoms with Crippen LogP contribution in [0.25, 0.3) is 11.0 Å². The Kier molecular flexibility index (Phi) is 3.64. The molecule has 0 radical (unpaired) electrons. The number of hydrogen-bond acceptors (Lipinski definition) is 4. The summed E-state index contributed by atoms with van der Waals surface area (Å²) in [6.07, 6.45) is 4.22. The average molecular weight is 287 g/mol. The van der Waals surface area contributed by atoms with Crippen molar-refractivity contribution < 1.29 is 13.9 Å². The minimum Gasteiger partial charge on any atom is -0.497 e. The predicted molar refractivity (Wildman–Crippen MR) is 78.8 cm³/mol. The Labute approximate surface area is 121 Å². The number of rotatable bonds is 3. The molecule has 21 heavy (non-hydrogen) atoms. The number of amides is 1. The summed E-state index contributed by atoms with van der Waals surface area (Å²) in [5.74, 6) is 0.301. The molecule has 1 aromatic heterocycles. The highest BCUT2D eigenvalue weighted by molar-refractivity contribution is 5.93. The lowest BCUT2D eigenvalue weighted by Crippen LogP contribution is -2.33. The number of carbonyl (C=O) groups excluding carboxylic acids is 1. The van der Waals surface area contributed by atoms with Gasteiger partial charge in [-0.2, -0.15) is 0 Å². The number of fused-ring (bicyclic) bond motifs is 1. The number of carbonyl (C=O) groups is 1. The molecule has 3 rings (SSSR count). The van der Waals surface area contributed by atoms with Gasteiger partial charge in [0.1, 0.15) is 11.3 Å². The largest absolute Gasteiger partial charge is 0.497 e. The molecule has 5 heteroatoms. The van der Waals surface area contributed by atoms with Gasteiger partial charge in [-0.05, 0) is 25.0 Å². The van der Waals surface area contributed by atoms with Crippen molar-refractivity contribution in [3.63, 3.8) is 0 Å². The lowest BCUT2D eigenvalue weighted by atomic mass is 10.2. The van der Waals surface area contributed by atoms with Gasteiger partial charge in [0, 0.05) is 18.2 Å². The van der Waals surface area contributed by atoms with E-state index in [1.165, 1.54) is 13.2 Å². The predicted octanol–water partition coefficient (Wildman–Crippen LogP) is 2.47. The van der Waals surface area contributed by atoms with Gasteiger partial charge in [0.15, 0.2) is 11.2 Å². The Bertz CT molecular complexity index is 729. The fourth-order valence-electron chi connectivity index (χ4n) is 2.70. The quantitative estimate of drug-likeness (QED) is 0.941. The summed E-state index contributed by atoms with van der Waals surface area (Å²) in [4.78, 5) is 24.2. The fraction of sp³-hybridized carbons (Fsp3) is 0.375. The second-order valence-corrected chi connectivity index (χ2v) is 5.29. The zero-order valence-corrected chi connectivity index (χ0v) is 11.8. The topological polar surface area (TPSA) is 68.5 Å². The van der Waals surface area contributed by atoms with Crippen molar-refractivity contribution in [3.05, 3.63) is 40.2 Å². The van der Waals surface area contributed by atoms with Crippen molar-refractivity contribution in [3.8, 4) is 5.75 Å². The van der Waals surface area contributed by atoms with E-state index in [1.54, 1.807) is 18.2 Å². The monoisotopic (exact) mass is 287 g/mol. The molecule has 1 aliphatic carbocycles. The van der Waals surface area contributed by atoms with Crippen LogP contribution in [-0.2, 0) is 0 Å². The minimum absolute atomic E-state index is 0.0488. The third kappa shape index (κ3) is 2.77. The van der Waals surface area contributed by atoms with E-state index in [2.05, 4.69) is 5.32 Å². The third-order valence-electron chi connectivity index (χ3n) is 3.85. The highest BCUT2D eigenvalue weighted by Crippen LogP contribution is 2.21. The maximum absolute atomic E-state index is 12.2. The highest BCUT2D eigenvalue weighted by Gasteiger charge is 2.20. The molecule has 1 N–H and O–H groups in total. The summed E-state index contributed by atoms with van der Waals surface area (Å²) >= 11 is 0. The van der Waals surface area contributed by atoms with E-state index in [9.17, 15) is 9.59 Å². The lowest BCUT2D eigenvalue weighted by molar-refractivity contribution is 0.0910. The van der Waals surface area contributed by atoms with Crippen LogP contribution < -0.4 is 15.5 Å². The number of nitrogens with one attached hydrogen (secondary N) is 1.